The summed E-state index contributed by atoms with van der Waals surface area (Å²) in [5.41, 5.74) is 1.21. The monoisotopic (exact) mass is 1090 g/mol. The van der Waals surface area contributed by atoms with E-state index in [1.807, 2.05) is 42.5 Å². The van der Waals surface area contributed by atoms with Gasteiger partial charge in [-0.05, 0) is 204 Å². The van der Waals surface area contributed by atoms with E-state index in [1.165, 1.54) is 10.9 Å². The van der Waals surface area contributed by atoms with Gasteiger partial charge in [0.1, 0.15) is 0 Å². The van der Waals surface area contributed by atoms with Crippen LogP contribution in [0.4, 0.5) is 0 Å². The van der Waals surface area contributed by atoms with Crippen molar-refractivity contribution in [1.82, 2.24) is 0 Å². The van der Waals surface area contributed by atoms with Crippen molar-refractivity contribution in [2.24, 2.45) is 0 Å². The first-order valence-electron chi connectivity index (χ1n) is 32.2. The zero-order chi connectivity index (χ0) is 56.9. The molecule has 0 amide bonds. The Labute approximate surface area is 488 Å². The van der Waals surface area contributed by atoms with Crippen LogP contribution in [0.3, 0.4) is 0 Å². The zero-order valence-electron chi connectivity index (χ0n) is 50.5. The van der Waals surface area contributed by atoms with Crippen LogP contribution in [0, 0.1) is 0 Å². The molecular weight excluding hydrogens is 985 g/mol. The summed E-state index contributed by atoms with van der Waals surface area (Å²) in [5, 5.41) is 6.79. The molecule has 0 aliphatic rings. The fourth-order valence-electron chi connectivity index (χ4n) is 10.7. The van der Waals surface area contributed by atoms with Crippen molar-refractivity contribution < 1.29 is 28.4 Å². The Morgan fingerprint density at radius 3 is 0.762 bits per heavy atom. The van der Waals surface area contributed by atoms with E-state index in [-0.39, 0.29) is 0 Å². The molecular formula is C74H110O6. The van der Waals surface area contributed by atoms with Gasteiger partial charge in [0, 0.05) is 5.56 Å². The van der Waals surface area contributed by atoms with E-state index in [2.05, 4.69) is 76.4 Å². The van der Waals surface area contributed by atoms with Crippen LogP contribution in [0.2, 0.25) is 0 Å². The average Bonchev–Trinajstić information content (AvgIpc) is 3.47. The smallest absolute Gasteiger partial charge is 0.165 e. The molecule has 0 radical (unpaired) electrons. The number of benzene rings is 4. The Balaban J connectivity index is 2.05. The molecule has 4 aromatic rings. The van der Waals surface area contributed by atoms with Crippen molar-refractivity contribution in [1.29, 1.82) is 0 Å². The molecule has 4 aromatic carbocycles. The standard InChI is InChI=1S/C74H110O6/c1-8-15-22-29-36-43-50-62-73-66-60-71(78-54-47-40-33-26-19-12-5)70(77-53-46-39-32-25-18-11-4)58-64(66)63-57-68(75-51-44-37-30-23-16-9-2)69(76-52-45-38-31-24-17-10-3)59-65(63)67(73)61-72(79-55-48-41-34-27-20-13-6)74(62)80-56-49-42-35-28-21-14-7/h8-14,57-61H,1-7,15-56H2. The highest BCUT2D eigenvalue weighted by molar-refractivity contribution is 6.27. The third-order valence-electron chi connectivity index (χ3n) is 15.3. The molecule has 4 rings (SSSR count). The van der Waals surface area contributed by atoms with Crippen molar-refractivity contribution in [2.75, 3.05) is 39.6 Å². The molecule has 0 aliphatic heterocycles. The van der Waals surface area contributed by atoms with Gasteiger partial charge in [0.2, 0.25) is 0 Å². The number of ether oxygens (including phenoxy) is 6. The number of allylic oxidation sites excluding steroid dienone is 7. The van der Waals surface area contributed by atoms with Gasteiger partial charge >= 0.3 is 0 Å². The van der Waals surface area contributed by atoms with Crippen LogP contribution in [0.5, 0.6) is 34.5 Å². The third kappa shape index (κ3) is 25.6. The molecule has 0 aliphatic carbocycles. The van der Waals surface area contributed by atoms with Crippen molar-refractivity contribution in [3.8, 4) is 34.5 Å². The first-order chi connectivity index (χ1) is 39.6. The molecule has 0 atom stereocenters. The number of hydrogen-bond acceptors (Lipinski definition) is 6. The van der Waals surface area contributed by atoms with Crippen molar-refractivity contribution in [3.05, 3.63) is 124 Å². The van der Waals surface area contributed by atoms with Crippen LogP contribution in [-0.2, 0) is 6.42 Å². The number of unbranched alkanes of at least 4 members (excludes halogenated alkanes) is 28. The van der Waals surface area contributed by atoms with Crippen LogP contribution < -0.4 is 28.4 Å². The molecule has 0 saturated heterocycles. The second kappa shape index (κ2) is 44.3. The lowest BCUT2D eigenvalue weighted by atomic mass is 9.88. The molecule has 0 saturated carbocycles. The fourth-order valence-corrected chi connectivity index (χ4v) is 10.7. The first kappa shape index (κ1) is 67.1. The molecule has 0 bridgehead atoms. The van der Waals surface area contributed by atoms with Gasteiger partial charge < -0.3 is 28.4 Å². The Bertz CT molecular complexity index is 2310. The van der Waals surface area contributed by atoms with Crippen LogP contribution >= 0.6 is 0 Å². The minimum Gasteiger partial charge on any atom is -0.490 e. The van der Waals surface area contributed by atoms with Crippen LogP contribution in [0.1, 0.15) is 230 Å². The number of rotatable bonds is 55. The topological polar surface area (TPSA) is 55.4 Å². The summed E-state index contributed by atoms with van der Waals surface area (Å²) in [6, 6.07) is 11.4. The Morgan fingerprint density at radius 1 is 0.237 bits per heavy atom. The van der Waals surface area contributed by atoms with Gasteiger partial charge in [-0.2, -0.15) is 0 Å². The SMILES string of the molecule is C=CCCCCCCOc1cc2c3cc(OCCCCCCC=C)c(OCCCCCCC=C)cc3c3c(CCCCCCC=C)c(OCCCCCCC=C)c(OCCCCCCC=C)cc3c2cc1OCCCCCCC=C. The van der Waals surface area contributed by atoms with Gasteiger partial charge in [0.05, 0.1) is 39.6 Å². The van der Waals surface area contributed by atoms with E-state index in [9.17, 15) is 0 Å². The van der Waals surface area contributed by atoms with Gasteiger partial charge in [-0.25, -0.2) is 0 Å². The molecule has 0 spiro atoms. The third-order valence-corrected chi connectivity index (χ3v) is 15.3. The molecule has 0 fully saturated rings. The summed E-state index contributed by atoms with van der Waals surface area (Å²) in [6.07, 6.45) is 53.2. The summed E-state index contributed by atoms with van der Waals surface area (Å²) in [5.74, 6) is 4.89. The van der Waals surface area contributed by atoms with Gasteiger partial charge in [-0.3, -0.25) is 0 Å². The van der Waals surface area contributed by atoms with Gasteiger partial charge in [-0.1, -0.05) is 132 Å². The summed E-state index contributed by atoms with van der Waals surface area (Å²) >= 11 is 0. The number of fused-ring (bicyclic) bond motifs is 6. The zero-order valence-corrected chi connectivity index (χ0v) is 50.5. The van der Waals surface area contributed by atoms with Crippen LogP contribution in [-0.4, -0.2) is 39.6 Å². The quantitative estimate of drug-likeness (QED) is 0.0249. The predicted molar refractivity (Wildman–Crippen MR) is 349 cm³/mol. The van der Waals surface area contributed by atoms with Crippen LogP contribution in [0.25, 0.3) is 32.3 Å². The summed E-state index contributed by atoms with van der Waals surface area (Å²) in [4.78, 5) is 0. The normalized spacial score (nSPS) is 11.2. The van der Waals surface area contributed by atoms with E-state index in [0.29, 0.717) is 39.6 Å². The summed E-state index contributed by atoms with van der Waals surface area (Å²) < 4.78 is 41.7. The molecule has 6 heteroatoms. The first-order valence-corrected chi connectivity index (χ1v) is 32.2. The lowest BCUT2D eigenvalue weighted by Gasteiger charge is -2.23. The molecule has 80 heavy (non-hydrogen) atoms. The Hall–Kier alpha value is -5.36. The van der Waals surface area contributed by atoms with E-state index in [4.69, 9.17) is 28.4 Å². The summed E-state index contributed by atoms with van der Waals surface area (Å²) in [7, 11) is 0. The highest BCUT2D eigenvalue weighted by atomic mass is 16.5. The minimum atomic E-state index is 0.618. The van der Waals surface area contributed by atoms with E-state index >= 15 is 0 Å². The molecule has 6 nitrogen and oxygen atoms in total. The second-order valence-corrected chi connectivity index (χ2v) is 22.1. The molecule has 0 N–H and O–H groups in total. The number of hydrogen-bond donors (Lipinski definition) is 0. The largest absolute Gasteiger partial charge is 0.490 e. The second-order valence-electron chi connectivity index (χ2n) is 22.1. The highest BCUT2D eigenvalue weighted by Crippen LogP contribution is 2.50. The predicted octanol–water partition coefficient (Wildman–Crippen LogP) is 22.9. The molecule has 442 valence electrons. The van der Waals surface area contributed by atoms with Crippen molar-refractivity contribution in [2.45, 2.75) is 231 Å². The highest BCUT2D eigenvalue weighted by Gasteiger charge is 2.24. The maximum atomic E-state index is 7.16. The average molecular weight is 1100 g/mol. The number of aryl methyl sites for hydroxylation is 1. The molecule has 0 aromatic heterocycles. The fraction of sp³-hybridized carbons (Fsp3) is 0.568. The van der Waals surface area contributed by atoms with E-state index in [0.717, 1.165) is 293 Å². The van der Waals surface area contributed by atoms with Crippen LogP contribution in [0.15, 0.2) is 119 Å². The van der Waals surface area contributed by atoms with Gasteiger partial charge in [0.25, 0.3) is 0 Å². The molecule has 0 unspecified atom stereocenters. The maximum absolute atomic E-state index is 7.16. The van der Waals surface area contributed by atoms with Gasteiger partial charge in [0.15, 0.2) is 34.5 Å². The summed E-state index contributed by atoms with van der Waals surface area (Å²) in [6.45, 7) is 31.4. The van der Waals surface area contributed by atoms with E-state index in [1.54, 1.807) is 0 Å². The lowest BCUT2D eigenvalue weighted by Crippen LogP contribution is -2.07. The maximum Gasteiger partial charge on any atom is 0.165 e. The molecule has 0 heterocycles. The van der Waals surface area contributed by atoms with Gasteiger partial charge in [-0.15, -0.1) is 46.1 Å². The van der Waals surface area contributed by atoms with E-state index < -0.39 is 0 Å². The van der Waals surface area contributed by atoms with Crippen molar-refractivity contribution in [3.63, 3.8) is 0 Å². The lowest BCUT2D eigenvalue weighted by molar-refractivity contribution is 0.257. The minimum absolute atomic E-state index is 0.618. The van der Waals surface area contributed by atoms with Crippen molar-refractivity contribution >= 4 is 32.3 Å². The Kier molecular flexibility index (Phi) is 37.2. The Morgan fingerprint density at radius 2 is 0.463 bits per heavy atom.